The Labute approximate surface area is 188 Å². The minimum absolute atomic E-state index is 0.00239. The fourth-order valence-electron chi connectivity index (χ4n) is 4.42. The Kier molecular flexibility index (Phi) is 9.39. The maximum absolute atomic E-state index is 12.9. The molecule has 0 atom stereocenters. The summed E-state index contributed by atoms with van der Waals surface area (Å²) in [6, 6.07) is 5.77. The van der Waals surface area contributed by atoms with Gasteiger partial charge < -0.3 is 0 Å². The third-order valence-corrected chi connectivity index (χ3v) is 7.93. The quantitative estimate of drug-likeness (QED) is 0.258. The first-order valence-corrected chi connectivity index (χ1v) is 12.7. The minimum atomic E-state index is -4.27. The number of benzene rings is 1. The van der Waals surface area contributed by atoms with E-state index >= 15 is 0 Å². The molecule has 1 aliphatic carbocycles. The van der Waals surface area contributed by atoms with E-state index in [9.17, 15) is 13.2 Å². The zero-order valence-electron chi connectivity index (χ0n) is 18.2. The SMILES string of the molecule is CCCC[C]([Sn])(CCCC)OC1(CCCC)CC(c2ccc(C(F)(F)F)cc2)C1. The van der Waals surface area contributed by atoms with E-state index in [4.69, 9.17) is 4.74 Å². The van der Waals surface area contributed by atoms with Crippen molar-refractivity contribution in [1.29, 1.82) is 0 Å². The van der Waals surface area contributed by atoms with Gasteiger partial charge in [0, 0.05) is 0 Å². The number of ether oxygens (including phenoxy) is 1. The molecule has 0 saturated heterocycles. The molecule has 0 heterocycles. The Bertz CT molecular complexity index is 598. The second kappa shape index (κ2) is 10.9. The molecular weight excluding hydrogens is 480 g/mol. The molecule has 1 aromatic carbocycles. The number of unbranched alkanes of at least 4 members (excludes halogenated alkanes) is 3. The number of halogens is 3. The number of alkyl halides is 3. The monoisotopic (exact) mass is 517 g/mol. The second-order valence-corrected chi connectivity index (χ2v) is 11.4. The molecule has 1 nitrogen and oxygen atoms in total. The van der Waals surface area contributed by atoms with Gasteiger partial charge in [0.15, 0.2) is 0 Å². The van der Waals surface area contributed by atoms with E-state index in [-0.39, 0.29) is 9.22 Å². The molecule has 0 spiro atoms. The Hall–Kier alpha value is -0.231. The predicted molar refractivity (Wildman–Crippen MR) is 114 cm³/mol. The van der Waals surface area contributed by atoms with Crippen LogP contribution < -0.4 is 0 Å². The summed E-state index contributed by atoms with van der Waals surface area (Å²) in [5.74, 6) is 0.312. The van der Waals surface area contributed by atoms with Gasteiger partial charge in [-0.3, -0.25) is 0 Å². The molecule has 1 aromatic rings. The van der Waals surface area contributed by atoms with E-state index in [1.165, 1.54) is 60.3 Å². The fraction of sp³-hybridized carbons (Fsp3) is 0.750. The number of hydrogen-bond donors (Lipinski definition) is 0. The normalized spacial score (nSPS) is 22.5. The van der Waals surface area contributed by atoms with Crippen molar-refractivity contribution in [2.24, 2.45) is 0 Å². The van der Waals surface area contributed by atoms with Crippen molar-refractivity contribution in [2.75, 3.05) is 0 Å². The fourth-order valence-corrected chi connectivity index (χ4v) is 6.05. The van der Waals surface area contributed by atoms with Crippen LogP contribution >= 0.6 is 0 Å². The van der Waals surface area contributed by atoms with E-state index in [1.807, 2.05) is 0 Å². The third-order valence-electron chi connectivity index (χ3n) is 6.21. The van der Waals surface area contributed by atoms with E-state index in [0.717, 1.165) is 50.5 Å². The van der Waals surface area contributed by atoms with Crippen LogP contribution in [-0.2, 0) is 10.9 Å². The average Bonchev–Trinajstić information content (AvgIpc) is 2.66. The Balaban J connectivity index is 2.09. The predicted octanol–water partition coefficient (Wildman–Crippen LogP) is 7.77. The first kappa shape index (κ1) is 25.0. The molecule has 0 unspecified atom stereocenters. The molecule has 0 N–H and O–H groups in total. The van der Waals surface area contributed by atoms with Crippen LogP contribution in [0.5, 0.6) is 0 Å². The molecule has 1 aliphatic rings. The molecule has 163 valence electrons. The van der Waals surface area contributed by atoms with Crippen LogP contribution in [0, 0.1) is 0 Å². The van der Waals surface area contributed by atoms with Crippen LogP contribution in [0.2, 0.25) is 0 Å². The summed E-state index contributed by atoms with van der Waals surface area (Å²) in [6.45, 7) is 6.67. The Morgan fingerprint density at radius 1 is 0.931 bits per heavy atom. The van der Waals surface area contributed by atoms with E-state index in [0.29, 0.717) is 5.92 Å². The van der Waals surface area contributed by atoms with Gasteiger partial charge >= 0.3 is 189 Å². The van der Waals surface area contributed by atoms with Crippen LogP contribution in [0.3, 0.4) is 0 Å². The second-order valence-electron chi connectivity index (χ2n) is 8.81. The molecule has 1 fully saturated rings. The van der Waals surface area contributed by atoms with Crippen molar-refractivity contribution in [1.82, 2.24) is 0 Å². The van der Waals surface area contributed by atoms with E-state index < -0.39 is 11.7 Å². The molecule has 0 bridgehead atoms. The van der Waals surface area contributed by atoms with Crippen molar-refractivity contribution in [3.8, 4) is 0 Å². The summed E-state index contributed by atoms with van der Waals surface area (Å²) in [6.07, 6.45) is 7.97. The molecule has 2 rings (SSSR count). The van der Waals surface area contributed by atoms with Gasteiger partial charge in [0.25, 0.3) is 0 Å². The van der Waals surface area contributed by atoms with Crippen molar-refractivity contribution >= 4 is 22.5 Å². The summed E-state index contributed by atoms with van der Waals surface area (Å²) >= 11 is 1.47. The zero-order chi connectivity index (χ0) is 21.5. The molecule has 0 aliphatic heterocycles. The molecule has 3 radical (unpaired) electrons. The standard InChI is InChI=1S/C24H36F3O.Sn/c1-4-7-10-22(11-8-5-2)28-23(16-9-6-3)17-20(18-23)19-12-14-21(15-13-19)24(25,26)27;/h12-15,20H,4-11,16-18H2,1-3H3;. The molecule has 29 heavy (non-hydrogen) atoms. The molecule has 0 aromatic heterocycles. The maximum atomic E-state index is 12.9. The van der Waals surface area contributed by atoms with Gasteiger partial charge in [0.05, 0.1) is 0 Å². The average molecular weight is 516 g/mol. The number of rotatable bonds is 12. The van der Waals surface area contributed by atoms with Gasteiger partial charge in [0.1, 0.15) is 0 Å². The first-order chi connectivity index (χ1) is 13.7. The van der Waals surface area contributed by atoms with Crippen molar-refractivity contribution < 1.29 is 17.9 Å². The molecule has 5 heteroatoms. The van der Waals surface area contributed by atoms with Crippen LogP contribution in [0.25, 0.3) is 0 Å². The summed E-state index contributed by atoms with van der Waals surface area (Å²) in [4.78, 5) is 0. The zero-order valence-corrected chi connectivity index (χ0v) is 21.1. The van der Waals surface area contributed by atoms with Crippen molar-refractivity contribution in [3.05, 3.63) is 35.4 Å². The summed E-state index contributed by atoms with van der Waals surface area (Å²) in [7, 11) is 0. The van der Waals surface area contributed by atoms with Crippen LogP contribution in [0.1, 0.15) is 108 Å². The first-order valence-electron chi connectivity index (χ1n) is 11.3. The van der Waals surface area contributed by atoms with Gasteiger partial charge in [-0.25, -0.2) is 0 Å². The molecule has 0 amide bonds. The van der Waals surface area contributed by atoms with Gasteiger partial charge in [-0.2, -0.15) is 0 Å². The Morgan fingerprint density at radius 3 is 1.90 bits per heavy atom. The topological polar surface area (TPSA) is 9.23 Å². The van der Waals surface area contributed by atoms with Crippen LogP contribution in [0.4, 0.5) is 13.2 Å². The van der Waals surface area contributed by atoms with Gasteiger partial charge in [-0.05, 0) is 0 Å². The summed E-state index contributed by atoms with van der Waals surface area (Å²) in [5, 5.41) is 0. The third kappa shape index (κ3) is 7.15. The van der Waals surface area contributed by atoms with Crippen LogP contribution in [-0.4, -0.2) is 31.7 Å². The number of hydrogen-bond acceptors (Lipinski definition) is 1. The van der Waals surface area contributed by atoms with Crippen LogP contribution in [0.15, 0.2) is 24.3 Å². The summed E-state index contributed by atoms with van der Waals surface area (Å²) < 4.78 is 45.5. The van der Waals surface area contributed by atoms with Gasteiger partial charge in [-0.15, -0.1) is 0 Å². The van der Waals surface area contributed by atoms with Crippen molar-refractivity contribution in [2.45, 2.75) is 113 Å². The van der Waals surface area contributed by atoms with Crippen molar-refractivity contribution in [3.63, 3.8) is 0 Å². The van der Waals surface area contributed by atoms with E-state index in [2.05, 4.69) is 20.8 Å². The van der Waals surface area contributed by atoms with Gasteiger partial charge in [-0.1, -0.05) is 0 Å². The molecular formula is C24H36F3OSn. The molecule has 1 saturated carbocycles. The Morgan fingerprint density at radius 2 is 1.45 bits per heavy atom. The van der Waals surface area contributed by atoms with E-state index in [1.54, 1.807) is 12.1 Å². The van der Waals surface area contributed by atoms with Gasteiger partial charge in [0.2, 0.25) is 0 Å². The summed E-state index contributed by atoms with van der Waals surface area (Å²) in [5.41, 5.74) is 0.365.